The summed E-state index contributed by atoms with van der Waals surface area (Å²) in [6.07, 6.45) is 2.17. The molecule has 60 valence electrons. The molecule has 1 aromatic rings. The van der Waals surface area contributed by atoms with Crippen LogP contribution in [0.15, 0.2) is 18.3 Å². The highest BCUT2D eigenvalue weighted by Gasteiger charge is 2.02. The third kappa shape index (κ3) is 1.61. The minimum Gasteiger partial charge on any atom is -0.618 e. The number of ether oxygens (including phenoxy) is 1. The summed E-state index contributed by atoms with van der Waals surface area (Å²) in [6, 6.07) is 3.55. The van der Waals surface area contributed by atoms with Crippen LogP contribution in [0.4, 0.5) is 0 Å². The molecule has 0 saturated heterocycles. The summed E-state index contributed by atoms with van der Waals surface area (Å²) in [4.78, 5) is 0. The number of hydrogen-bond acceptors (Lipinski definition) is 2. The monoisotopic (exact) mass is 153 g/mol. The molecule has 0 amide bonds. The molecule has 0 aliphatic rings. The molecular formula is C8H11NO2. The van der Waals surface area contributed by atoms with Crippen LogP contribution < -0.4 is 9.47 Å². The van der Waals surface area contributed by atoms with E-state index in [1.165, 1.54) is 6.20 Å². The van der Waals surface area contributed by atoms with E-state index in [1.54, 1.807) is 19.2 Å². The average Bonchev–Trinajstić information content (AvgIpc) is 2.04. The normalized spacial score (nSPS) is 9.64. The molecule has 1 rings (SSSR count). The molecule has 0 atom stereocenters. The lowest BCUT2D eigenvalue weighted by Gasteiger charge is -2.03. The van der Waals surface area contributed by atoms with E-state index in [4.69, 9.17) is 4.74 Å². The summed E-state index contributed by atoms with van der Waals surface area (Å²) >= 11 is 0. The zero-order valence-electron chi connectivity index (χ0n) is 6.70. The van der Waals surface area contributed by atoms with Crippen molar-refractivity contribution in [1.82, 2.24) is 0 Å². The standard InChI is InChI=1S/C8H11NO2/c1-3-7-4-5-8(11-2)6-9(7)10/h4-6H,3H2,1-2H3. The van der Waals surface area contributed by atoms with Crippen molar-refractivity contribution in [3.63, 3.8) is 0 Å². The number of methoxy groups -OCH3 is 1. The molecule has 3 heteroatoms. The smallest absolute Gasteiger partial charge is 0.222 e. The van der Waals surface area contributed by atoms with Gasteiger partial charge in [-0.1, -0.05) is 6.92 Å². The van der Waals surface area contributed by atoms with E-state index in [0.717, 1.165) is 16.8 Å². The summed E-state index contributed by atoms with van der Waals surface area (Å²) in [5, 5.41) is 11.1. The van der Waals surface area contributed by atoms with Gasteiger partial charge in [0.15, 0.2) is 11.4 Å². The van der Waals surface area contributed by atoms with E-state index in [2.05, 4.69) is 0 Å². The van der Waals surface area contributed by atoms with Crippen LogP contribution in [0.2, 0.25) is 0 Å². The largest absolute Gasteiger partial charge is 0.618 e. The molecule has 1 heterocycles. The zero-order valence-corrected chi connectivity index (χ0v) is 6.70. The molecule has 0 spiro atoms. The first-order valence-electron chi connectivity index (χ1n) is 3.54. The molecule has 0 fully saturated rings. The van der Waals surface area contributed by atoms with E-state index < -0.39 is 0 Å². The fourth-order valence-electron chi connectivity index (χ4n) is 0.888. The average molecular weight is 153 g/mol. The Labute approximate surface area is 65.8 Å². The Balaban J connectivity index is 2.99. The lowest BCUT2D eigenvalue weighted by Crippen LogP contribution is -2.30. The Morgan fingerprint density at radius 1 is 1.55 bits per heavy atom. The quantitative estimate of drug-likeness (QED) is 0.467. The highest BCUT2D eigenvalue weighted by atomic mass is 16.5. The third-order valence-electron chi connectivity index (χ3n) is 1.57. The summed E-state index contributed by atoms with van der Waals surface area (Å²) in [6.45, 7) is 1.94. The molecule has 0 unspecified atom stereocenters. The number of nitrogens with zero attached hydrogens (tertiary/aromatic N) is 1. The van der Waals surface area contributed by atoms with Crippen LogP contribution in [0.5, 0.6) is 5.75 Å². The maximum absolute atomic E-state index is 11.1. The molecule has 0 N–H and O–H groups in total. The number of pyridine rings is 1. The highest BCUT2D eigenvalue weighted by molar-refractivity contribution is 5.15. The molecule has 11 heavy (non-hydrogen) atoms. The van der Waals surface area contributed by atoms with E-state index >= 15 is 0 Å². The van der Waals surface area contributed by atoms with Crippen LogP contribution in [-0.2, 0) is 6.42 Å². The van der Waals surface area contributed by atoms with Crippen LogP contribution in [0, 0.1) is 5.21 Å². The van der Waals surface area contributed by atoms with Gasteiger partial charge in [-0.15, -0.1) is 0 Å². The Bertz CT molecular complexity index is 248. The molecule has 0 aromatic carbocycles. The fourth-order valence-corrected chi connectivity index (χ4v) is 0.888. The molecule has 0 aliphatic heterocycles. The third-order valence-corrected chi connectivity index (χ3v) is 1.57. The van der Waals surface area contributed by atoms with Gasteiger partial charge in [-0.3, -0.25) is 0 Å². The molecule has 3 nitrogen and oxygen atoms in total. The first-order chi connectivity index (χ1) is 5.27. The highest BCUT2D eigenvalue weighted by Crippen LogP contribution is 2.06. The molecule has 0 saturated carbocycles. The Morgan fingerprint density at radius 3 is 2.73 bits per heavy atom. The van der Waals surface area contributed by atoms with Crippen molar-refractivity contribution in [2.45, 2.75) is 13.3 Å². The molecule has 0 radical (unpaired) electrons. The maximum atomic E-state index is 11.1. The Hall–Kier alpha value is -1.25. The zero-order chi connectivity index (χ0) is 8.27. The van der Waals surface area contributed by atoms with Crippen molar-refractivity contribution >= 4 is 0 Å². The topological polar surface area (TPSA) is 36.2 Å². The first kappa shape index (κ1) is 7.85. The van der Waals surface area contributed by atoms with Gasteiger partial charge >= 0.3 is 0 Å². The predicted octanol–water partition coefficient (Wildman–Crippen LogP) is 0.891. The van der Waals surface area contributed by atoms with Crippen molar-refractivity contribution in [2.75, 3.05) is 7.11 Å². The Kier molecular flexibility index (Phi) is 2.31. The fraction of sp³-hybridized carbons (Fsp3) is 0.375. The van der Waals surface area contributed by atoms with Gasteiger partial charge in [-0.05, 0) is 6.07 Å². The Morgan fingerprint density at radius 2 is 2.27 bits per heavy atom. The summed E-state index contributed by atoms with van der Waals surface area (Å²) in [7, 11) is 1.54. The number of aromatic nitrogens is 1. The molecular weight excluding hydrogens is 142 g/mol. The number of hydrogen-bond donors (Lipinski definition) is 0. The van der Waals surface area contributed by atoms with Crippen molar-refractivity contribution in [2.24, 2.45) is 0 Å². The SMILES string of the molecule is CCc1ccc(OC)c[n+]1[O-]. The lowest BCUT2D eigenvalue weighted by atomic mass is 10.3. The summed E-state index contributed by atoms with van der Waals surface area (Å²) in [5.74, 6) is 0.595. The van der Waals surface area contributed by atoms with E-state index in [-0.39, 0.29) is 0 Å². The van der Waals surface area contributed by atoms with Gasteiger partial charge in [0.05, 0.1) is 7.11 Å². The van der Waals surface area contributed by atoms with Gasteiger partial charge in [0.1, 0.15) is 0 Å². The minimum absolute atomic E-state index is 0.595. The lowest BCUT2D eigenvalue weighted by molar-refractivity contribution is -0.614. The van der Waals surface area contributed by atoms with Gasteiger partial charge in [-0.25, -0.2) is 0 Å². The van der Waals surface area contributed by atoms with Crippen LogP contribution >= 0.6 is 0 Å². The van der Waals surface area contributed by atoms with E-state index in [1.807, 2.05) is 6.92 Å². The van der Waals surface area contributed by atoms with Crippen molar-refractivity contribution in [3.8, 4) is 5.75 Å². The van der Waals surface area contributed by atoms with Gasteiger partial charge < -0.3 is 9.94 Å². The second-order valence-corrected chi connectivity index (χ2v) is 2.24. The minimum atomic E-state index is 0.595. The van der Waals surface area contributed by atoms with Crippen molar-refractivity contribution in [3.05, 3.63) is 29.2 Å². The second-order valence-electron chi connectivity index (χ2n) is 2.24. The number of rotatable bonds is 2. The predicted molar refractivity (Wildman–Crippen MR) is 41.3 cm³/mol. The molecule has 0 bridgehead atoms. The molecule has 0 aliphatic carbocycles. The first-order valence-corrected chi connectivity index (χ1v) is 3.54. The van der Waals surface area contributed by atoms with Gasteiger partial charge in [-0.2, -0.15) is 4.73 Å². The van der Waals surface area contributed by atoms with Gasteiger partial charge in [0.2, 0.25) is 6.20 Å². The number of aryl methyl sites for hydroxylation is 1. The maximum Gasteiger partial charge on any atom is 0.222 e. The van der Waals surface area contributed by atoms with Crippen LogP contribution in [-0.4, -0.2) is 7.11 Å². The summed E-state index contributed by atoms with van der Waals surface area (Å²) < 4.78 is 5.71. The van der Waals surface area contributed by atoms with E-state index in [0.29, 0.717) is 5.75 Å². The van der Waals surface area contributed by atoms with Crippen LogP contribution in [0.1, 0.15) is 12.6 Å². The van der Waals surface area contributed by atoms with Crippen molar-refractivity contribution < 1.29 is 9.47 Å². The molecule has 1 aromatic heterocycles. The van der Waals surface area contributed by atoms with Gasteiger partial charge in [0.25, 0.3) is 0 Å². The van der Waals surface area contributed by atoms with Gasteiger partial charge in [0, 0.05) is 12.5 Å². The van der Waals surface area contributed by atoms with Crippen LogP contribution in [0.3, 0.4) is 0 Å². The van der Waals surface area contributed by atoms with Crippen molar-refractivity contribution in [1.29, 1.82) is 0 Å². The van der Waals surface area contributed by atoms with Crippen LogP contribution in [0.25, 0.3) is 0 Å². The second kappa shape index (κ2) is 3.23. The van der Waals surface area contributed by atoms with E-state index in [9.17, 15) is 5.21 Å². The summed E-state index contributed by atoms with van der Waals surface area (Å²) in [5.41, 5.74) is 0.755.